The van der Waals surface area contributed by atoms with Crippen LogP contribution in [0.2, 0.25) is 15.1 Å². The molecule has 27 heavy (non-hydrogen) atoms. The van der Waals surface area contributed by atoms with E-state index in [0.29, 0.717) is 26.4 Å². The first-order chi connectivity index (χ1) is 12.8. The number of nitrogens with one attached hydrogen (secondary N) is 1. The van der Waals surface area contributed by atoms with E-state index in [1.54, 1.807) is 49.4 Å². The van der Waals surface area contributed by atoms with Gasteiger partial charge in [0.25, 0.3) is 5.91 Å². The van der Waals surface area contributed by atoms with Gasteiger partial charge < -0.3 is 15.0 Å². The van der Waals surface area contributed by atoms with E-state index in [0.717, 1.165) is 0 Å². The Morgan fingerprint density at radius 1 is 1.04 bits per heavy atom. The van der Waals surface area contributed by atoms with Gasteiger partial charge in [0.1, 0.15) is 11.8 Å². The number of para-hydroxylation sites is 1. The van der Waals surface area contributed by atoms with Gasteiger partial charge in [0.2, 0.25) is 5.91 Å². The molecule has 0 aromatic heterocycles. The molecular formula is C19H19Cl3N2O3. The molecule has 0 fully saturated rings. The van der Waals surface area contributed by atoms with Crippen LogP contribution in [0.5, 0.6) is 5.75 Å². The minimum atomic E-state index is -0.746. The largest absolute Gasteiger partial charge is 0.482 e. The molecule has 0 radical (unpaired) electrons. The summed E-state index contributed by atoms with van der Waals surface area (Å²) in [5.41, 5.74) is 0.558. The van der Waals surface area contributed by atoms with E-state index in [2.05, 4.69) is 5.32 Å². The lowest BCUT2D eigenvalue weighted by Crippen LogP contribution is -2.48. The van der Waals surface area contributed by atoms with Crippen LogP contribution in [0.3, 0.4) is 0 Å². The van der Waals surface area contributed by atoms with E-state index in [-0.39, 0.29) is 19.1 Å². The third-order valence-corrected chi connectivity index (χ3v) is 5.01. The fraction of sp³-hybridized carbons (Fsp3) is 0.263. The molecule has 0 aliphatic heterocycles. The average molecular weight is 430 g/mol. The molecule has 0 bridgehead atoms. The minimum Gasteiger partial charge on any atom is -0.482 e. The normalized spacial score (nSPS) is 11.6. The predicted octanol–water partition coefficient (Wildman–Crippen LogP) is 4.19. The second kappa shape index (κ2) is 9.83. The van der Waals surface area contributed by atoms with Crippen LogP contribution < -0.4 is 10.1 Å². The molecule has 0 saturated heterocycles. The molecule has 1 unspecified atom stereocenters. The van der Waals surface area contributed by atoms with Crippen molar-refractivity contribution in [2.75, 3.05) is 13.7 Å². The van der Waals surface area contributed by atoms with Gasteiger partial charge in [-0.3, -0.25) is 9.59 Å². The molecule has 2 rings (SSSR count). The highest BCUT2D eigenvalue weighted by Crippen LogP contribution is 2.27. The number of hydrogen-bond donors (Lipinski definition) is 1. The summed E-state index contributed by atoms with van der Waals surface area (Å²) in [5.74, 6) is -0.331. The second-order valence-corrected chi connectivity index (χ2v) is 6.95. The van der Waals surface area contributed by atoms with Crippen LogP contribution in [0, 0.1) is 0 Å². The maximum absolute atomic E-state index is 12.8. The number of likely N-dealkylation sites (N-methyl/N-ethyl adjacent to an activating group) is 1. The Balaban J connectivity index is 2.22. The lowest BCUT2D eigenvalue weighted by atomic mass is 10.1. The standard InChI is InChI=1S/C19H19Cl3N2O3/c1-12(19(26)23-2)24(10-13-14(20)7-5-8-15(13)21)18(25)11-27-17-9-4-3-6-16(17)22/h3-9,12H,10-11H2,1-2H3,(H,23,26). The van der Waals surface area contributed by atoms with E-state index in [9.17, 15) is 9.59 Å². The van der Waals surface area contributed by atoms with Crippen LogP contribution in [0.25, 0.3) is 0 Å². The van der Waals surface area contributed by atoms with Crippen LogP contribution in [0.15, 0.2) is 42.5 Å². The first-order valence-corrected chi connectivity index (χ1v) is 9.29. The first kappa shape index (κ1) is 21.4. The summed E-state index contributed by atoms with van der Waals surface area (Å²) in [6.07, 6.45) is 0. The smallest absolute Gasteiger partial charge is 0.261 e. The number of carbonyl (C=O) groups is 2. The molecular weight excluding hydrogens is 411 g/mol. The van der Waals surface area contributed by atoms with E-state index in [4.69, 9.17) is 39.5 Å². The van der Waals surface area contributed by atoms with Crippen LogP contribution in [0.1, 0.15) is 12.5 Å². The van der Waals surface area contributed by atoms with Gasteiger partial charge in [-0.2, -0.15) is 0 Å². The van der Waals surface area contributed by atoms with E-state index in [1.807, 2.05) is 0 Å². The highest BCUT2D eigenvalue weighted by molar-refractivity contribution is 6.36. The molecule has 1 atom stereocenters. The topological polar surface area (TPSA) is 58.6 Å². The van der Waals surface area contributed by atoms with Crippen molar-refractivity contribution in [2.45, 2.75) is 19.5 Å². The molecule has 2 amide bonds. The Morgan fingerprint density at radius 2 is 1.63 bits per heavy atom. The van der Waals surface area contributed by atoms with Gasteiger partial charge in [0.15, 0.2) is 6.61 Å². The Kier molecular flexibility index (Phi) is 7.78. The molecule has 0 saturated carbocycles. The van der Waals surface area contributed by atoms with Crippen LogP contribution in [-0.4, -0.2) is 36.4 Å². The number of benzene rings is 2. The van der Waals surface area contributed by atoms with Gasteiger partial charge in [-0.25, -0.2) is 0 Å². The van der Waals surface area contributed by atoms with Crippen molar-refractivity contribution < 1.29 is 14.3 Å². The number of carbonyl (C=O) groups excluding carboxylic acids is 2. The minimum absolute atomic E-state index is 0.0673. The molecule has 1 N–H and O–H groups in total. The van der Waals surface area contributed by atoms with Crippen LogP contribution in [0.4, 0.5) is 0 Å². The van der Waals surface area contributed by atoms with Crippen molar-refractivity contribution in [2.24, 2.45) is 0 Å². The van der Waals surface area contributed by atoms with Crippen molar-refractivity contribution in [3.63, 3.8) is 0 Å². The first-order valence-electron chi connectivity index (χ1n) is 8.16. The number of nitrogens with zero attached hydrogens (tertiary/aromatic N) is 1. The van der Waals surface area contributed by atoms with Gasteiger partial charge in [-0.1, -0.05) is 53.0 Å². The summed E-state index contributed by atoms with van der Waals surface area (Å²) in [4.78, 5) is 26.3. The van der Waals surface area contributed by atoms with Crippen molar-refractivity contribution in [3.05, 3.63) is 63.1 Å². The zero-order valence-electron chi connectivity index (χ0n) is 14.8. The van der Waals surface area contributed by atoms with Gasteiger partial charge in [0, 0.05) is 29.2 Å². The van der Waals surface area contributed by atoms with Crippen molar-refractivity contribution >= 4 is 46.6 Å². The Hall–Kier alpha value is -1.95. The van der Waals surface area contributed by atoms with Crippen LogP contribution >= 0.6 is 34.8 Å². The van der Waals surface area contributed by atoms with E-state index < -0.39 is 11.9 Å². The number of amides is 2. The Labute approximate surface area is 173 Å². The molecule has 0 aliphatic carbocycles. The lowest BCUT2D eigenvalue weighted by molar-refractivity contribution is -0.142. The molecule has 2 aromatic rings. The third-order valence-electron chi connectivity index (χ3n) is 3.99. The fourth-order valence-corrected chi connectivity index (χ4v) is 3.14. The quantitative estimate of drug-likeness (QED) is 0.718. The van der Waals surface area contributed by atoms with Crippen molar-refractivity contribution in [1.82, 2.24) is 10.2 Å². The predicted molar refractivity (Wildman–Crippen MR) is 107 cm³/mol. The molecule has 5 nitrogen and oxygen atoms in total. The molecule has 0 aliphatic rings. The summed E-state index contributed by atoms with van der Waals surface area (Å²) in [7, 11) is 1.50. The van der Waals surface area contributed by atoms with E-state index in [1.165, 1.54) is 11.9 Å². The molecule has 0 heterocycles. The number of hydrogen-bond acceptors (Lipinski definition) is 3. The molecule has 144 valence electrons. The zero-order valence-corrected chi connectivity index (χ0v) is 17.1. The van der Waals surface area contributed by atoms with Gasteiger partial charge in [-0.05, 0) is 31.2 Å². The Morgan fingerprint density at radius 3 is 2.22 bits per heavy atom. The summed E-state index contributed by atoms with van der Waals surface area (Å²) in [5, 5.41) is 3.76. The summed E-state index contributed by atoms with van der Waals surface area (Å²) < 4.78 is 5.52. The highest BCUT2D eigenvalue weighted by Gasteiger charge is 2.27. The van der Waals surface area contributed by atoms with Gasteiger partial charge >= 0.3 is 0 Å². The van der Waals surface area contributed by atoms with E-state index >= 15 is 0 Å². The average Bonchev–Trinajstić information content (AvgIpc) is 2.65. The molecule has 8 heteroatoms. The monoisotopic (exact) mass is 428 g/mol. The second-order valence-electron chi connectivity index (χ2n) is 5.73. The lowest BCUT2D eigenvalue weighted by Gasteiger charge is -2.29. The molecule has 0 spiro atoms. The van der Waals surface area contributed by atoms with Gasteiger partial charge in [0.05, 0.1) is 5.02 Å². The number of rotatable bonds is 7. The maximum atomic E-state index is 12.8. The van der Waals surface area contributed by atoms with Crippen molar-refractivity contribution in [3.8, 4) is 5.75 Å². The van der Waals surface area contributed by atoms with Crippen molar-refractivity contribution in [1.29, 1.82) is 0 Å². The summed E-state index contributed by atoms with van der Waals surface area (Å²) >= 11 is 18.5. The maximum Gasteiger partial charge on any atom is 0.261 e. The Bertz CT molecular complexity index is 809. The molecule has 2 aromatic carbocycles. The third kappa shape index (κ3) is 5.51. The summed E-state index contributed by atoms with van der Waals surface area (Å²) in [6, 6.07) is 11.2. The number of halogens is 3. The highest BCUT2D eigenvalue weighted by atomic mass is 35.5. The fourth-order valence-electron chi connectivity index (χ4n) is 2.43. The number of ether oxygens (including phenoxy) is 1. The van der Waals surface area contributed by atoms with Gasteiger partial charge in [-0.15, -0.1) is 0 Å². The van der Waals surface area contributed by atoms with Crippen LogP contribution in [-0.2, 0) is 16.1 Å². The summed E-state index contributed by atoms with van der Waals surface area (Å²) in [6.45, 7) is 1.40. The zero-order chi connectivity index (χ0) is 20.0. The SMILES string of the molecule is CNC(=O)C(C)N(Cc1c(Cl)cccc1Cl)C(=O)COc1ccccc1Cl.